The van der Waals surface area contributed by atoms with Gasteiger partial charge < -0.3 is 9.64 Å². The van der Waals surface area contributed by atoms with Gasteiger partial charge in [0, 0.05) is 32.8 Å². The van der Waals surface area contributed by atoms with Gasteiger partial charge in [0.25, 0.3) is 0 Å². The van der Waals surface area contributed by atoms with E-state index < -0.39 is 0 Å². The van der Waals surface area contributed by atoms with Crippen molar-refractivity contribution in [2.45, 2.75) is 46.6 Å². The summed E-state index contributed by atoms with van der Waals surface area (Å²) < 4.78 is 5.12. The van der Waals surface area contributed by atoms with Gasteiger partial charge in [0.2, 0.25) is 0 Å². The van der Waals surface area contributed by atoms with Crippen LogP contribution in [0.4, 0.5) is 0 Å². The number of hydrogen-bond acceptors (Lipinski definition) is 3. The van der Waals surface area contributed by atoms with Crippen LogP contribution in [-0.2, 0) is 4.74 Å². The van der Waals surface area contributed by atoms with Gasteiger partial charge in [-0.1, -0.05) is 13.8 Å². The zero-order chi connectivity index (χ0) is 13.6. The maximum atomic E-state index is 5.12. The van der Waals surface area contributed by atoms with E-state index in [1.165, 1.54) is 39.0 Å². The van der Waals surface area contributed by atoms with Crippen LogP contribution in [0.5, 0.6) is 0 Å². The lowest BCUT2D eigenvalue weighted by Crippen LogP contribution is -2.61. The Balaban J connectivity index is 0.000000771. The second kappa shape index (κ2) is 7.46. The Kier molecular flexibility index (Phi) is 6.61. The van der Waals surface area contributed by atoms with Crippen molar-refractivity contribution in [3.8, 4) is 0 Å². The Hall–Kier alpha value is -0.120. The fourth-order valence-corrected chi connectivity index (χ4v) is 3.11. The number of ether oxygens (including phenoxy) is 1. The molecule has 3 nitrogen and oxygen atoms in total. The number of likely N-dealkylation sites (tertiary alicyclic amines) is 2. The summed E-state index contributed by atoms with van der Waals surface area (Å²) in [5, 5.41) is 0. The first-order valence-electron chi connectivity index (χ1n) is 7.61. The lowest BCUT2D eigenvalue weighted by atomic mass is 9.72. The molecule has 2 rings (SSSR count). The van der Waals surface area contributed by atoms with Gasteiger partial charge in [-0.15, -0.1) is 0 Å². The van der Waals surface area contributed by atoms with E-state index in [9.17, 15) is 0 Å². The number of methoxy groups -OCH3 is 1. The number of rotatable bonds is 4. The number of piperidine rings is 1. The molecule has 0 unspecified atom stereocenters. The van der Waals surface area contributed by atoms with Gasteiger partial charge in [0.1, 0.15) is 0 Å². The first kappa shape index (κ1) is 15.9. The summed E-state index contributed by atoms with van der Waals surface area (Å²) in [6.45, 7) is 15.8. The predicted octanol–water partition coefficient (Wildman–Crippen LogP) is 2.47. The van der Waals surface area contributed by atoms with Gasteiger partial charge in [-0.25, -0.2) is 0 Å². The van der Waals surface area contributed by atoms with E-state index >= 15 is 0 Å². The van der Waals surface area contributed by atoms with Crippen LogP contribution in [0, 0.1) is 5.41 Å². The molecule has 0 bridgehead atoms. The lowest BCUT2D eigenvalue weighted by molar-refractivity contribution is -0.0585. The monoisotopic (exact) mass is 256 g/mol. The predicted molar refractivity (Wildman–Crippen MR) is 78.0 cm³/mol. The smallest absolute Gasteiger partial charge is 0.0589 e. The lowest BCUT2D eigenvalue weighted by Gasteiger charge is -2.54. The maximum Gasteiger partial charge on any atom is 0.0589 e. The molecule has 2 heterocycles. The Morgan fingerprint density at radius 1 is 1.11 bits per heavy atom. The van der Waals surface area contributed by atoms with Gasteiger partial charge in [-0.05, 0) is 45.2 Å². The van der Waals surface area contributed by atoms with E-state index in [-0.39, 0.29) is 0 Å². The second-order valence-electron chi connectivity index (χ2n) is 5.83. The summed E-state index contributed by atoms with van der Waals surface area (Å²) in [6.07, 6.45) is 2.79. The van der Waals surface area contributed by atoms with Crippen LogP contribution >= 0.6 is 0 Å². The number of hydrogen-bond donors (Lipinski definition) is 0. The first-order chi connectivity index (χ1) is 8.65. The average Bonchev–Trinajstić information content (AvgIpc) is 2.36. The zero-order valence-corrected chi connectivity index (χ0v) is 13.0. The van der Waals surface area contributed by atoms with E-state index in [0.717, 1.165) is 19.2 Å². The summed E-state index contributed by atoms with van der Waals surface area (Å²) in [5.41, 5.74) is 0.666. The van der Waals surface area contributed by atoms with Crippen molar-refractivity contribution < 1.29 is 4.74 Å². The van der Waals surface area contributed by atoms with Crippen molar-refractivity contribution >= 4 is 0 Å². The van der Waals surface area contributed by atoms with Gasteiger partial charge in [-0.3, -0.25) is 4.90 Å². The molecular formula is C15H32N2O. The molecule has 0 radical (unpaired) electrons. The van der Waals surface area contributed by atoms with Crippen molar-refractivity contribution in [2.75, 3.05) is 46.4 Å². The molecular weight excluding hydrogens is 224 g/mol. The summed E-state index contributed by atoms with van der Waals surface area (Å²) in [4.78, 5) is 5.15. The van der Waals surface area contributed by atoms with E-state index in [2.05, 4.69) is 23.6 Å². The van der Waals surface area contributed by atoms with Crippen molar-refractivity contribution in [2.24, 2.45) is 5.41 Å². The summed E-state index contributed by atoms with van der Waals surface area (Å²) in [7, 11) is 1.79. The molecule has 0 aromatic carbocycles. The van der Waals surface area contributed by atoms with E-state index in [1.54, 1.807) is 7.11 Å². The molecule has 0 amide bonds. The van der Waals surface area contributed by atoms with Crippen molar-refractivity contribution in [3.05, 3.63) is 0 Å². The highest BCUT2D eigenvalue weighted by Crippen LogP contribution is 2.40. The van der Waals surface area contributed by atoms with Gasteiger partial charge in [0.15, 0.2) is 0 Å². The normalized spacial score (nSPS) is 23.7. The second-order valence-corrected chi connectivity index (χ2v) is 5.83. The Morgan fingerprint density at radius 2 is 1.67 bits per heavy atom. The average molecular weight is 256 g/mol. The molecule has 2 aliphatic heterocycles. The molecule has 2 fully saturated rings. The topological polar surface area (TPSA) is 15.7 Å². The van der Waals surface area contributed by atoms with Crippen LogP contribution < -0.4 is 0 Å². The van der Waals surface area contributed by atoms with Crippen LogP contribution in [-0.4, -0.2) is 62.3 Å². The minimum absolute atomic E-state index is 0.666. The van der Waals surface area contributed by atoms with Crippen LogP contribution in [0.1, 0.15) is 40.5 Å². The van der Waals surface area contributed by atoms with Crippen LogP contribution in [0.25, 0.3) is 0 Å². The highest BCUT2D eigenvalue weighted by atomic mass is 16.5. The third kappa shape index (κ3) is 3.94. The highest BCUT2D eigenvalue weighted by Gasteiger charge is 2.44. The molecule has 18 heavy (non-hydrogen) atoms. The summed E-state index contributed by atoms with van der Waals surface area (Å²) in [6, 6.07) is 0.724. The highest BCUT2D eigenvalue weighted by molar-refractivity contribution is 4.98. The fourth-order valence-electron chi connectivity index (χ4n) is 3.11. The van der Waals surface area contributed by atoms with E-state index in [1.807, 2.05) is 13.8 Å². The van der Waals surface area contributed by atoms with Gasteiger partial charge in [0.05, 0.1) is 6.61 Å². The molecule has 108 valence electrons. The Morgan fingerprint density at radius 3 is 2.11 bits per heavy atom. The van der Waals surface area contributed by atoms with E-state index in [0.29, 0.717) is 5.41 Å². The van der Waals surface area contributed by atoms with E-state index in [4.69, 9.17) is 4.74 Å². The molecule has 0 atom stereocenters. The molecule has 3 heteroatoms. The molecule has 0 N–H and O–H groups in total. The van der Waals surface area contributed by atoms with Crippen molar-refractivity contribution in [1.29, 1.82) is 0 Å². The molecule has 0 saturated carbocycles. The van der Waals surface area contributed by atoms with Crippen molar-refractivity contribution in [3.63, 3.8) is 0 Å². The Bertz CT molecular complexity index is 215. The fraction of sp³-hybridized carbons (Fsp3) is 1.00. The first-order valence-corrected chi connectivity index (χ1v) is 7.61. The SMILES string of the molecule is CC.COCCN1CC2(CCN(C(C)C)CC2)C1. The third-order valence-electron chi connectivity index (χ3n) is 4.32. The standard InChI is InChI=1S/C13H26N2O.C2H6/c1-12(2)15-6-4-13(5-7-15)10-14(11-13)8-9-16-3;1-2/h12H,4-11H2,1-3H3;1-2H3. The third-order valence-corrected chi connectivity index (χ3v) is 4.32. The van der Waals surface area contributed by atoms with Gasteiger partial charge >= 0.3 is 0 Å². The quantitative estimate of drug-likeness (QED) is 0.768. The molecule has 0 aromatic heterocycles. The molecule has 0 aliphatic carbocycles. The van der Waals surface area contributed by atoms with Crippen molar-refractivity contribution in [1.82, 2.24) is 9.80 Å². The van der Waals surface area contributed by atoms with Gasteiger partial charge in [-0.2, -0.15) is 0 Å². The Labute approximate surface area is 113 Å². The zero-order valence-electron chi connectivity index (χ0n) is 13.0. The summed E-state index contributed by atoms with van der Waals surface area (Å²) >= 11 is 0. The summed E-state index contributed by atoms with van der Waals surface area (Å²) in [5.74, 6) is 0. The maximum absolute atomic E-state index is 5.12. The largest absolute Gasteiger partial charge is 0.383 e. The minimum atomic E-state index is 0.666. The molecule has 2 aliphatic rings. The van der Waals surface area contributed by atoms with Crippen LogP contribution in [0.2, 0.25) is 0 Å². The van der Waals surface area contributed by atoms with Crippen LogP contribution in [0.3, 0.4) is 0 Å². The number of nitrogens with zero attached hydrogens (tertiary/aromatic N) is 2. The molecule has 0 aromatic rings. The molecule has 2 saturated heterocycles. The molecule has 1 spiro atoms. The minimum Gasteiger partial charge on any atom is -0.383 e. The van der Waals surface area contributed by atoms with Crippen LogP contribution in [0.15, 0.2) is 0 Å².